The van der Waals surface area contributed by atoms with Gasteiger partial charge >= 0.3 is 11.9 Å². The molecule has 0 aliphatic heterocycles. The second-order valence-electron chi connectivity index (χ2n) is 13.4. The molecule has 0 radical (unpaired) electrons. The number of nitrogens with zero attached hydrogens (tertiary/aromatic N) is 1. The molecular weight excluding hydrogens is 655 g/mol. The lowest BCUT2D eigenvalue weighted by molar-refractivity contribution is -0.133. The van der Waals surface area contributed by atoms with E-state index in [9.17, 15) is 19.8 Å². The molecule has 0 saturated heterocycles. The highest BCUT2D eigenvalue weighted by molar-refractivity contribution is 5.93. The van der Waals surface area contributed by atoms with Gasteiger partial charge in [0.2, 0.25) is 0 Å². The number of benzene rings is 5. The predicted octanol–water partition coefficient (Wildman–Crippen LogP) is 12.5. The second kappa shape index (κ2) is 17.3. The highest BCUT2D eigenvalue weighted by atomic mass is 16.4. The largest absolute Gasteiger partial charge is 0.478 e. The fraction of sp³-hybridized carbons (Fsp3) is 0.167. The van der Waals surface area contributed by atoms with Gasteiger partial charge in [-0.05, 0) is 133 Å². The van der Waals surface area contributed by atoms with Gasteiger partial charge in [0.05, 0.1) is 0 Å². The molecule has 0 saturated carbocycles. The van der Waals surface area contributed by atoms with Crippen LogP contribution in [0, 0.1) is 27.7 Å². The smallest absolute Gasteiger partial charge is 0.331 e. The van der Waals surface area contributed by atoms with Crippen LogP contribution < -0.4 is 4.90 Å². The lowest BCUT2D eigenvalue weighted by atomic mass is 10.0. The normalized spacial score (nSPS) is 12.1. The maximum atomic E-state index is 11.4. The number of carboxylic acid groups (broad SMARTS) is 2. The molecular formula is C48H47NO4. The minimum absolute atomic E-state index is 0.389. The molecule has 0 bridgehead atoms. The van der Waals surface area contributed by atoms with Crippen molar-refractivity contribution in [2.75, 3.05) is 4.90 Å². The number of aliphatic carboxylic acids is 2. The molecule has 0 amide bonds. The summed E-state index contributed by atoms with van der Waals surface area (Å²) in [5.41, 5.74) is 14.8. The van der Waals surface area contributed by atoms with Crippen molar-refractivity contribution in [3.8, 4) is 0 Å². The van der Waals surface area contributed by atoms with Crippen LogP contribution in [0.1, 0.15) is 82.3 Å². The third-order valence-electron chi connectivity index (χ3n) is 9.39. The first kappa shape index (κ1) is 38.0. The molecule has 0 aromatic heterocycles. The van der Waals surface area contributed by atoms with Crippen molar-refractivity contribution in [2.24, 2.45) is 0 Å². The molecule has 0 aliphatic rings. The van der Waals surface area contributed by atoms with Crippen LogP contribution in [-0.2, 0) is 9.59 Å². The molecule has 0 unspecified atom stereocenters. The first-order valence-electron chi connectivity index (χ1n) is 18.0. The lowest BCUT2D eigenvalue weighted by Gasteiger charge is -2.28. The molecule has 0 atom stereocenters. The molecule has 5 rings (SSSR count). The van der Waals surface area contributed by atoms with Gasteiger partial charge in [0.25, 0.3) is 0 Å². The first-order valence-corrected chi connectivity index (χ1v) is 18.0. The van der Waals surface area contributed by atoms with Crippen molar-refractivity contribution in [3.63, 3.8) is 0 Å². The number of rotatable bonds is 13. The number of carbonyl (C=O) groups is 2. The summed E-state index contributed by atoms with van der Waals surface area (Å²) in [4.78, 5) is 25.1. The Balaban J connectivity index is 1.41. The summed E-state index contributed by atoms with van der Waals surface area (Å²) in [7, 11) is 0. The van der Waals surface area contributed by atoms with Crippen LogP contribution in [0.15, 0.2) is 114 Å². The average molecular weight is 702 g/mol. The van der Waals surface area contributed by atoms with Gasteiger partial charge in [-0.25, -0.2) is 9.59 Å². The lowest BCUT2D eigenvalue weighted by Crippen LogP contribution is -2.12. The number of aryl methyl sites for hydroxylation is 4. The second-order valence-corrected chi connectivity index (χ2v) is 13.4. The zero-order valence-corrected chi connectivity index (χ0v) is 31.4. The minimum atomic E-state index is -0.883. The number of hydrogen-bond acceptors (Lipinski definition) is 3. The van der Waals surface area contributed by atoms with E-state index in [1.54, 1.807) is 12.2 Å². The maximum Gasteiger partial charge on any atom is 0.331 e. The predicted molar refractivity (Wildman–Crippen MR) is 223 cm³/mol. The van der Waals surface area contributed by atoms with Crippen LogP contribution in [0.25, 0.3) is 36.5 Å². The molecule has 0 spiro atoms. The zero-order chi connectivity index (χ0) is 38.1. The topological polar surface area (TPSA) is 77.8 Å². The van der Waals surface area contributed by atoms with Crippen LogP contribution >= 0.6 is 0 Å². The van der Waals surface area contributed by atoms with E-state index in [0.29, 0.717) is 24.0 Å². The SMILES string of the molecule is CCC(=Cc1ccc(C=Cc2ccc(N(c3ccc(C=Cc4ccc(C=C(CC)C(=O)O)cc4)c(C)c3)c3ccc(C)cc3C)cc2C)cc1)C(=O)O. The van der Waals surface area contributed by atoms with Crippen molar-refractivity contribution in [1.82, 2.24) is 0 Å². The fourth-order valence-corrected chi connectivity index (χ4v) is 6.27. The van der Waals surface area contributed by atoms with Crippen LogP contribution in [0.5, 0.6) is 0 Å². The molecule has 0 fully saturated rings. The summed E-state index contributed by atoms with van der Waals surface area (Å²) in [6.45, 7) is 12.2. The van der Waals surface area contributed by atoms with Crippen molar-refractivity contribution in [2.45, 2.75) is 54.4 Å². The van der Waals surface area contributed by atoms with E-state index in [2.05, 4.69) is 111 Å². The van der Waals surface area contributed by atoms with Crippen LogP contribution in [0.2, 0.25) is 0 Å². The van der Waals surface area contributed by atoms with Crippen molar-refractivity contribution in [3.05, 3.63) is 170 Å². The molecule has 268 valence electrons. The van der Waals surface area contributed by atoms with Crippen LogP contribution in [0.3, 0.4) is 0 Å². The van der Waals surface area contributed by atoms with Crippen molar-refractivity contribution < 1.29 is 19.8 Å². The Morgan fingerprint density at radius 1 is 0.509 bits per heavy atom. The van der Waals surface area contributed by atoms with Crippen molar-refractivity contribution >= 4 is 65.5 Å². The van der Waals surface area contributed by atoms with E-state index >= 15 is 0 Å². The molecule has 53 heavy (non-hydrogen) atoms. The van der Waals surface area contributed by atoms with Gasteiger partial charge in [-0.15, -0.1) is 0 Å². The third-order valence-corrected chi connectivity index (χ3v) is 9.39. The number of anilines is 3. The molecule has 0 heterocycles. The summed E-state index contributed by atoms with van der Waals surface area (Å²) in [6.07, 6.45) is 12.8. The average Bonchev–Trinajstić information content (AvgIpc) is 3.14. The van der Waals surface area contributed by atoms with Gasteiger partial charge in [0.15, 0.2) is 0 Å². The molecule has 5 aromatic carbocycles. The summed E-state index contributed by atoms with van der Waals surface area (Å²) in [6, 6.07) is 35.5. The van der Waals surface area contributed by atoms with Crippen LogP contribution in [-0.4, -0.2) is 22.2 Å². The Morgan fingerprint density at radius 2 is 0.925 bits per heavy atom. The van der Waals surface area contributed by atoms with E-state index in [4.69, 9.17) is 0 Å². The minimum Gasteiger partial charge on any atom is -0.478 e. The Labute approximate surface area is 313 Å². The Hall–Kier alpha value is -6.20. The quantitative estimate of drug-likeness (QED) is 0.0944. The van der Waals surface area contributed by atoms with E-state index in [0.717, 1.165) is 61.6 Å². The summed E-state index contributed by atoms with van der Waals surface area (Å²) >= 11 is 0. The Bertz CT molecular complexity index is 2100. The molecule has 5 aromatic rings. The van der Waals surface area contributed by atoms with E-state index in [1.807, 2.05) is 62.4 Å². The van der Waals surface area contributed by atoms with Crippen molar-refractivity contribution in [1.29, 1.82) is 0 Å². The van der Waals surface area contributed by atoms with Gasteiger partial charge in [-0.3, -0.25) is 0 Å². The van der Waals surface area contributed by atoms with Gasteiger partial charge in [0.1, 0.15) is 0 Å². The number of carboxylic acids is 2. The maximum absolute atomic E-state index is 11.4. The monoisotopic (exact) mass is 701 g/mol. The highest BCUT2D eigenvalue weighted by Crippen LogP contribution is 2.38. The standard InChI is InChI=1S/C48H47NO4/c1-7-40(47(50)51)30-38-14-10-36(11-15-38)18-20-42-22-24-44(28-33(42)4)49(46-26-9-32(3)27-35(46)6)45-25-23-43(34(5)29-45)21-19-37-12-16-39(17-13-37)31-41(8-2)48(52)53/h9-31H,7-8H2,1-6H3,(H,50,51)(H,52,53). The van der Waals surface area contributed by atoms with E-state index in [1.165, 1.54) is 11.1 Å². The molecule has 0 aliphatic carbocycles. The number of hydrogen-bond donors (Lipinski definition) is 2. The first-order chi connectivity index (χ1) is 25.4. The Morgan fingerprint density at radius 3 is 1.28 bits per heavy atom. The summed E-state index contributed by atoms with van der Waals surface area (Å²) in [5, 5.41) is 18.7. The Kier molecular flexibility index (Phi) is 12.4. The van der Waals surface area contributed by atoms with Crippen LogP contribution in [0.4, 0.5) is 17.1 Å². The van der Waals surface area contributed by atoms with E-state index < -0.39 is 11.9 Å². The van der Waals surface area contributed by atoms with Gasteiger partial charge in [-0.2, -0.15) is 0 Å². The summed E-state index contributed by atoms with van der Waals surface area (Å²) in [5.74, 6) is -1.77. The highest BCUT2D eigenvalue weighted by Gasteiger charge is 2.16. The van der Waals surface area contributed by atoms with Gasteiger partial charge < -0.3 is 15.1 Å². The van der Waals surface area contributed by atoms with Gasteiger partial charge in [-0.1, -0.05) is 117 Å². The fourth-order valence-electron chi connectivity index (χ4n) is 6.27. The molecule has 2 N–H and O–H groups in total. The molecule has 5 heteroatoms. The zero-order valence-electron chi connectivity index (χ0n) is 31.4. The molecule has 5 nitrogen and oxygen atoms in total. The third kappa shape index (κ3) is 9.78. The summed E-state index contributed by atoms with van der Waals surface area (Å²) < 4.78 is 0. The van der Waals surface area contributed by atoms with E-state index in [-0.39, 0.29) is 0 Å². The van der Waals surface area contributed by atoms with Gasteiger partial charge in [0, 0.05) is 28.2 Å².